The second kappa shape index (κ2) is 7.66. The lowest BCUT2D eigenvalue weighted by molar-refractivity contribution is -0.125. The molecule has 2 aromatic rings. The van der Waals surface area contributed by atoms with Crippen LogP contribution < -0.4 is 20.9 Å². The van der Waals surface area contributed by atoms with Crippen molar-refractivity contribution in [3.8, 4) is 5.75 Å². The number of hydrogen-bond donors (Lipinski definition) is 3. The molecule has 142 valence electrons. The second-order valence-electron chi connectivity index (χ2n) is 7.39. The summed E-state index contributed by atoms with van der Waals surface area (Å²) in [4.78, 5) is 17.4. The molecule has 2 fully saturated rings. The summed E-state index contributed by atoms with van der Waals surface area (Å²) in [5.74, 6) is 0.872. The van der Waals surface area contributed by atoms with Gasteiger partial charge in [0.05, 0.1) is 24.4 Å². The molecule has 2 heterocycles. The van der Waals surface area contributed by atoms with E-state index in [0.717, 1.165) is 42.7 Å². The molecule has 1 saturated carbocycles. The molecule has 0 radical (unpaired) electrons. The number of methoxy groups -OCH3 is 1. The highest BCUT2D eigenvalue weighted by molar-refractivity contribution is 5.83. The van der Waals surface area contributed by atoms with Crippen molar-refractivity contribution in [3.05, 3.63) is 59.9 Å². The number of pyridine rings is 1. The zero-order valence-electron chi connectivity index (χ0n) is 15.6. The van der Waals surface area contributed by atoms with E-state index in [1.165, 1.54) is 0 Å². The Morgan fingerprint density at radius 3 is 2.59 bits per heavy atom. The van der Waals surface area contributed by atoms with Gasteiger partial charge in [-0.05, 0) is 49.1 Å². The third kappa shape index (κ3) is 3.68. The topological polar surface area (TPSA) is 75.3 Å². The number of ether oxygens (including phenoxy) is 1. The lowest BCUT2D eigenvalue weighted by Gasteiger charge is -2.32. The van der Waals surface area contributed by atoms with Crippen molar-refractivity contribution >= 4 is 5.91 Å². The number of benzene rings is 1. The van der Waals surface area contributed by atoms with Crippen molar-refractivity contribution < 1.29 is 9.53 Å². The van der Waals surface area contributed by atoms with Gasteiger partial charge in [0, 0.05) is 6.20 Å². The Morgan fingerprint density at radius 1 is 1.15 bits per heavy atom. The summed E-state index contributed by atoms with van der Waals surface area (Å²) in [5.41, 5.74) is 8.17. The van der Waals surface area contributed by atoms with Crippen molar-refractivity contribution in [2.24, 2.45) is 0 Å². The highest BCUT2D eigenvalue weighted by Gasteiger charge is 2.40. The highest BCUT2D eigenvalue weighted by Crippen LogP contribution is 2.39. The molecular weight excluding hydrogens is 340 g/mol. The summed E-state index contributed by atoms with van der Waals surface area (Å²) < 4.78 is 5.27. The summed E-state index contributed by atoms with van der Waals surface area (Å²) in [6.45, 7) is 0. The van der Waals surface area contributed by atoms with Crippen molar-refractivity contribution in [2.75, 3.05) is 7.11 Å². The quantitative estimate of drug-likeness (QED) is 0.758. The number of nitrogens with zero attached hydrogens (tertiary/aromatic N) is 1. The Balaban J connectivity index is 1.46. The molecule has 2 atom stereocenters. The minimum absolute atomic E-state index is 0.0404. The lowest BCUT2D eigenvalue weighted by Crippen LogP contribution is -2.51. The molecule has 27 heavy (non-hydrogen) atoms. The fraction of sp³-hybridized carbons (Fsp3) is 0.429. The zero-order chi connectivity index (χ0) is 18.7. The van der Waals surface area contributed by atoms with E-state index in [2.05, 4.69) is 33.3 Å². The van der Waals surface area contributed by atoms with Gasteiger partial charge in [-0.1, -0.05) is 31.0 Å². The van der Waals surface area contributed by atoms with Gasteiger partial charge in [-0.15, -0.1) is 0 Å². The number of hydrazine groups is 1. The molecule has 4 rings (SSSR count). The van der Waals surface area contributed by atoms with E-state index in [1.54, 1.807) is 13.3 Å². The predicted molar refractivity (Wildman–Crippen MR) is 103 cm³/mol. The van der Waals surface area contributed by atoms with Gasteiger partial charge in [0.25, 0.3) is 0 Å². The Hall–Kier alpha value is -2.44. The first-order valence-corrected chi connectivity index (χ1v) is 9.59. The maximum absolute atomic E-state index is 13.0. The Kier molecular flexibility index (Phi) is 5.09. The molecule has 1 aliphatic heterocycles. The van der Waals surface area contributed by atoms with Gasteiger partial charge in [0.2, 0.25) is 5.91 Å². The number of carbonyl (C=O) groups is 1. The van der Waals surface area contributed by atoms with Gasteiger partial charge in [0.15, 0.2) is 0 Å². The van der Waals surface area contributed by atoms with E-state index in [9.17, 15) is 4.79 Å². The molecule has 0 spiro atoms. The number of hydrogen-bond acceptors (Lipinski definition) is 5. The van der Waals surface area contributed by atoms with E-state index >= 15 is 0 Å². The average molecular weight is 366 g/mol. The van der Waals surface area contributed by atoms with Crippen LogP contribution in [0.3, 0.4) is 0 Å². The van der Waals surface area contributed by atoms with E-state index in [4.69, 9.17) is 4.74 Å². The predicted octanol–water partition coefficient (Wildman–Crippen LogP) is 2.58. The van der Waals surface area contributed by atoms with Gasteiger partial charge in [-0.25, -0.2) is 10.9 Å². The Bertz CT molecular complexity index is 773. The summed E-state index contributed by atoms with van der Waals surface area (Å²) in [6.07, 6.45) is 6.64. The van der Waals surface area contributed by atoms with Gasteiger partial charge in [-0.2, -0.15) is 0 Å². The van der Waals surface area contributed by atoms with Gasteiger partial charge < -0.3 is 10.1 Å². The van der Waals surface area contributed by atoms with Crippen LogP contribution in [0.1, 0.15) is 49.4 Å². The monoisotopic (exact) mass is 366 g/mol. The summed E-state index contributed by atoms with van der Waals surface area (Å²) in [7, 11) is 1.67. The number of amides is 1. The SMILES string of the molecule is COc1ccc(C2(NC(=O)C3CC(c4ccccn4)NN3)CCCC2)cc1. The van der Waals surface area contributed by atoms with Crippen molar-refractivity contribution in [2.45, 2.75) is 49.7 Å². The fourth-order valence-corrected chi connectivity index (χ4v) is 4.20. The normalized spacial score (nSPS) is 23.9. The summed E-state index contributed by atoms with van der Waals surface area (Å²) in [6, 6.07) is 13.7. The van der Waals surface area contributed by atoms with Crippen LogP contribution in [-0.2, 0) is 10.3 Å². The van der Waals surface area contributed by atoms with Gasteiger partial charge >= 0.3 is 0 Å². The third-order valence-electron chi connectivity index (χ3n) is 5.73. The third-order valence-corrected chi connectivity index (χ3v) is 5.73. The molecule has 6 nitrogen and oxygen atoms in total. The number of carbonyl (C=O) groups excluding carboxylic acids is 1. The minimum Gasteiger partial charge on any atom is -0.497 e. The van der Waals surface area contributed by atoms with Gasteiger partial charge in [0.1, 0.15) is 11.8 Å². The summed E-state index contributed by atoms with van der Waals surface area (Å²) in [5, 5.41) is 3.36. The molecule has 1 aromatic heterocycles. The summed E-state index contributed by atoms with van der Waals surface area (Å²) >= 11 is 0. The van der Waals surface area contributed by atoms with Crippen LogP contribution in [0.15, 0.2) is 48.7 Å². The van der Waals surface area contributed by atoms with Gasteiger partial charge in [-0.3, -0.25) is 9.78 Å². The first-order valence-electron chi connectivity index (χ1n) is 9.59. The largest absolute Gasteiger partial charge is 0.497 e. The molecule has 1 amide bonds. The molecule has 2 unspecified atom stereocenters. The first kappa shape index (κ1) is 17.9. The Morgan fingerprint density at radius 2 is 1.93 bits per heavy atom. The van der Waals surface area contributed by atoms with Crippen LogP contribution in [0, 0.1) is 0 Å². The number of nitrogens with one attached hydrogen (secondary N) is 3. The second-order valence-corrected chi connectivity index (χ2v) is 7.39. The zero-order valence-corrected chi connectivity index (χ0v) is 15.6. The highest BCUT2D eigenvalue weighted by atomic mass is 16.5. The molecule has 1 aromatic carbocycles. The molecule has 6 heteroatoms. The molecule has 0 bridgehead atoms. The maximum Gasteiger partial charge on any atom is 0.239 e. The standard InChI is InChI=1S/C21H26N4O2/c1-27-16-9-7-15(8-10-16)21(11-3-4-12-21)23-20(26)19-14-18(24-25-19)17-6-2-5-13-22-17/h2,5-10,13,18-19,24-25H,3-4,11-12,14H2,1H3,(H,23,26). The molecule has 3 N–H and O–H groups in total. The van der Waals surface area contributed by atoms with Crippen LogP contribution in [-0.4, -0.2) is 24.0 Å². The van der Waals surface area contributed by atoms with E-state index < -0.39 is 0 Å². The van der Waals surface area contributed by atoms with Crippen LogP contribution in [0.4, 0.5) is 0 Å². The van der Waals surface area contributed by atoms with Crippen LogP contribution in [0.5, 0.6) is 5.75 Å². The fourth-order valence-electron chi connectivity index (χ4n) is 4.20. The maximum atomic E-state index is 13.0. The Labute approximate surface area is 159 Å². The van der Waals surface area contributed by atoms with Crippen LogP contribution in [0.2, 0.25) is 0 Å². The molecular formula is C21H26N4O2. The molecule has 1 saturated heterocycles. The number of rotatable bonds is 5. The van der Waals surface area contributed by atoms with E-state index in [0.29, 0.717) is 6.42 Å². The lowest BCUT2D eigenvalue weighted by atomic mass is 9.87. The van der Waals surface area contributed by atoms with Crippen molar-refractivity contribution in [3.63, 3.8) is 0 Å². The number of aromatic nitrogens is 1. The van der Waals surface area contributed by atoms with Crippen LogP contribution in [0.25, 0.3) is 0 Å². The van der Waals surface area contributed by atoms with E-state index in [-0.39, 0.29) is 23.5 Å². The molecule has 2 aliphatic rings. The van der Waals surface area contributed by atoms with Crippen molar-refractivity contribution in [1.82, 2.24) is 21.2 Å². The smallest absolute Gasteiger partial charge is 0.239 e. The van der Waals surface area contributed by atoms with Crippen LogP contribution >= 0.6 is 0 Å². The minimum atomic E-state index is -0.284. The molecule has 1 aliphatic carbocycles. The van der Waals surface area contributed by atoms with Crippen molar-refractivity contribution in [1.29, 1.82) is 0 Å². The van der Waals surface area contributed by atoms with E-state index in [1.807, 2.05) is 30.3 Å². The first-order chi connectivity index (χ1) is 13.2. The average Bonchev–Trinajstić information content (AvgIpc) is 3.39.